The zero-order chi connectivity index (χ0) is 18.4. The van der Waals surface area contributed by atoms with E-state index >= 15 is 0 Å². The molecule has 0 aromatic carbocycles. The van der Waals surface area contributed by atoms with Crippen molar-refractivity contribution in [1.82, 2.24) is 4.90 Å². The molecule has 1 aromatic rings. The van der Waals surface area contributed by atoms with E-state index in [1.807, 2.05) is 0 Å². The summed E-state index contributed by atoms with van der Waals surface area (Å²) in [4.78, 5) is 26.0. The monoisotopic (exact) mass is 369 g/mol. The summed E-state index contributed by atoms with van der Waals surface area (Å²) in [6.07, 6.45) is 0.140. The highest BCUT2D eigenvalue weighted by Crippen LogP contribution is 2.40. The topological polar surface area (TPSA) is 78.2 Å². The summed E-state index contributed by atoms with van der Waals surface area (Å²) in [5.74, 6) is 0.163. The molecule has 0 unspecified atom stereocenters. The molecular formula is C17H27NO6Si. The van der Waals surface area contributed by atoms with Gasteiger partial charge in [0.2, 0.25) is 0 Å². The second-order valence-corrected chi connectivity index (χ2v) is 10.8. The van der Waals surface area contributed by atoms with Crippen LogP contribution in [0.4, 0.5) is 4.79 Å². The largest absolute Gasteiger partial charge is 0.467 e. The Morgan fingerprint density at radius 3 is 2.44 bits per heavy atom. The summed E-state index contributed by atoms with van der Waals surface area (Å²) in [6, 6.07) is 5.67. The van der Waals surface area contributed by atoms with Crippen molar-refractivity contribution in [3.63, 3.8) is 0 Å². The van der Waals surface area contributed by atoms with E-state index in [0.717, 1.165) is 23.0 Å². The molecule has 2 rings (SSSR count). The number of hydrogen-bond donors (Lipinski definition) is 0. The quantitative estimate of drug-likeness (QED) is 0.377. The van der Waals surface area contributed by atoms with Crippen molar-refractivity contribution in [2.24, 2.45) is 0 Å². The second kappa shape index (κ2) is 8.64. The molecule has 0 spiro atoms. The second-order valence-electron chi connectivity index (χ2n) is 6.06. The number of likely N-dealkylation sites (tertiary alicyclic amines) is 1. The smallest absolute Gasteiger partial charge is 0.417 e. The molecule has 1 fully saturated rings. The summed E-state index contributed by atoms with van der Waals surface area (Å²) in [5, 5.41) is 0. The van der Waals surface area contributed by atoms with Crippen LogP contribution in [-0.2, 0) is 18.7 Å². The molecule has 1 aliphatic rings. The van der Waals surface area contributed by atoms with Crippen molar-refractivity contribution < 1.29 is 27.9 Å². The van der Waals surface area contributed by atoms with Crippen LogP contribution in [0, 0.1) is 0 Å². The summed E-state index contributed by atoms with van der Waals surface area (Å²) >= 11 is 0. The standard InChI is InChI=1S/C17H27NO6Si/c1-5-25(6-2,7-3)24-15-14(13-9-8-10-22-13)18(16(15)19)17(20)23-12-11-21-4/h8-10,14-15H,5-7,11-12H2,1-4H3/t14-,15+/m0/s1. The van der Waals surface area contributed by atoms with E-state index in [9.17, 15) is 9.59 Å². The predicted molar refractivity (Wildman–Crippen MR) is 93.6 cm³/mol. The fourth-order valence-electron chi connectivity index (χ4n) is 3.07. The van der Waals surface area contributed by atoms with E-state index in [1.165, 1.54) is 13.4 Å². The van der Waals surface area contributed by atoms with Crippen molar-refractivity contribution in [3.05, 3.63) is 24.2 Å². The lowest BCUT2D eigenvalue weighted by Crippen LogP contribution is -2.64. The third-order valence-electron chi connectivity index (χ3n) is 4.90. The van der Waals surface area contributed by atoms with Crippen LogP contribution < -0.4 is 0 Å². The Kier molecular flexibility index (Phi) is 6.80. The first-order chi connectivity index (χ1) is 12.0. The molecule has 0 saturated carbocycles. The summed E-state index contributed by atoms with van der Waals surface area (Å²) < 4.78 is 21.7. The lowest BCUT2D eigenvalue weighted by atomic mass is 9.96. The van der Waals surface area contributed by atoms with Gasteiger partial charge in [-0.15, -0.1) is 0 Å². The van der Waals surface area contributed by atoms with Crippen LogP contribution in [0.5, 0.6) is 0 Å². The van der Waals surface area contributed by atoms with Crippen LogP contribution >= 0.6 is 0 Å². The lowest BCUT2D eigenvalue weighted by molar-refractivity contribution is -0.162. The number of ether oxygens (including phenoxy) is 2. The average molecular weight is 369 g/mol. The van der Waals surface area contributed by atoms with Crippen LogP contribution in [0.15, 0.2) is 22.8 Å². The number of furan rings is 1. The number of rotatable bonds is 9. The van der Waals surface area contributed by atoms with Crippen LogP contribution in [0.2, 0.25) is 18.1 Å². The fraction of sp³-hybridized carbons (Fsp3) is 0.647. The number of imide groups is 1. The third-order valence-corrected chi connectivity index (χ3v) is 9.52. The van der Waals surface area contributed by atoms with Crippen LogP contribution in [0.1, 0.15) is 32.6 Å². The van der Waals surface area contributed by atoms with Gasteiger partial charge in [-0.2, -0.15) is 0 Å². The number of hydrogen-bond acceptors (Lipinski definition) is 6. The van der Waals surface area contributed by atoms with E-state index in [2.05, 4.69) is 20.8 Å². The van der Waals surface area contributed by atoms with Crippen molar-refractivity contribution in [2.75, 3.05) is 20.3 Å². The fourth-order valence-corrected chi connectivity index (χ4v) is 5.84. The van der Waals surface area contributed by atoms with Crippen molar-refractivity contribution >= 4 is 20.3 Å². The highest BCUT2D eigenvalue weighted by Gasteiger charge is 2.56. The highest BCUT2D eigenvalue weighted by molar-refractivity contribution is 6.73. The molecule has 1 saturated heterocycles. The lowest BCUT2D eigenvalue weighted by Gasteiger charge is -2.46. The number of amides is 2. The SMILES string of the molecule is CC[Si](CC)(CC)O[C@H]1C(=O)N(C(=O)OCCOC)[C@H]1c1ccco1. The normalized spacial score (nSPS) is 20.5. The molecule has 1 aromatic heterocycles. The minimum atomic E-state index is -2.00. The van der Waals surface area contributed by atoms with Crippen molar-refractivity contribution in [3.8, 4) is 0 Å². The van der Waals surface area contributed by atoms with Crippen LogP contribution in [0.25, 0.3) is 0 Å². The van der Waals surface area contributed by atoms with Crippen molar-refractivity contribution in [2.45, 2.75) is 51.0 Å². The van der Waals surface area contributed by atoms with Gasteiger partial charge in [0.05, 0.1) is 12.9 Å². The first-order valence-corrected chi connectivity index (χ1v) is 11.3. The summed E-state index contributed by atoms with van der Waals surface area (Å²) in [7, 11) is -0.487. The van der Waals surface area contributed by atoms with Gasteiger partial charge in [0.1, 0.15) is 18.4 Å². The van der Waals surface area contributed by atoms with Crippen LogP contribution in [-0.4, -0.2) is 51.6 Å². The molecule has 8 heteroatoms. The Morgan fingerprint density at radius 1 is 1.24 bits per heavy atom. The van der Waals surface area contributed by atoms with Gasteiger partial charge < -0.3 is 18.3 Å². The van der Waals surface area contributed by atoms with E-state index in [-0.39, 0.29) is 19.1 Å². The molecular weight excluding hydrogens is 342 g/mol. The van der Waals surface area contributed by atoms with Gasteiger partial charge in [0, 0.05) is 7.11 Å². The molecule has 0 radical (unpaired) electrons. The molecule has 0 N–H and O–H groups in total. The molecule has 0 aliphatic carbocycles. The Morgan fingerprint density at radius 2 is 1.92 bits per heavy atom. The Balaban J connectivity index is 2.18. The van der Waals surface area contributed by atoms with Gasteiger partial charge in [0.15, 0.2) is 14.4 Å². The maximum absolute atomic E-state index is 12.6. The maximum atomic E-state index is 12.6. The molecule has 2 amide bonds. The molecule has 2 heterocycles. The van der Waals surface area contributed by atoms with Gasteiger partial charge in [-0.1, -0.05) is 20.8 Å². The number of carbonyl (C=O) groups excluding carboxylic acids is 2. The summed E-state index contributed by atoms with van der Waals surface area (Å²) in [6.45, 7) is 6.66. The van der Waals surface area contributed by atoms with Gasteiger partial charge in [0.25, 0.3) is 5.91 Å². The van der Waals surface area contributed by atoms with E-state index in [1.54, 1.807) is 12.1 Å². The van der Waals surface area contributed by atoms with Gasteiger partial charge in [-0.05, 0) is 30.3 Å². The van der Waals surface area contributed by atoms with E-state index in [0.29, 0.717) is 5.76 Å². The first-order valence-electron chi connectivity index (χ1n) is 8.73. The van der Waals surface area contributed by atoms with Crippen LogP contribution in [0.3, 0.4) is 0 Å². The minimum absolute atomic E-state index is 0.0904. The number of carbonyl (C=O) groups is 2. The third kappa shape index (κ3) is 3.96. The van der Waals surface area contributed by atoms with E-state index < -0.39 is 26.6 Å². The summed E-state index contributed by atoms with van der Waals surface area (Å²) in [5.41, 5.74) is 0. The highest BCUT2D eigenvalue weighted by atomic mass is 28.4. The van der Waals surface area contributed by atoms with E-state index in [4.69, 9.17) is 18.3 Å². The predicted octanol–water partition coefficient (Wildman–Crippen LogP) is 3.34. The zero-order valence-corrected chi connectivity index (χ0v) is 16.3. The molecule has 1 aliphatic heterocycles. The molecule has 2 atom stereocenters. The zero-order valence-electron chi connectivity index (χ0n) is 15.3. The van der Waals surface area contributed by atoms with Gasteiger partial charge >= 0.3 is 6.09 Å². The Bertz CT molecular complexity index is 563. The van der Waals surface area contributed by atoms with Crippen molar-refractivity contribution in [1.29, 1.82) is 0 Å². The number of nitrogens with zero attached hydrogens (tertiary/aromatic N) is 1. The number of methoxy groups -OCH3 is 1. The number of β-lactam (4-membered cyclic amide) rings is 1. The van der Waals surface area contributed by atoms with Gasteiger partial charge in [-0.25, -0.2) is 9.69 Å². The Hall–Kier alpha value is -1.64. The molecule has 140 valence electrons. The molecule has 7 nitrogen and oxygen atoms in total. The first kappa shape index (κ1) is 19.7. The molecule has 0 bridgehead atoms. The average Bonchev–Trinajstić information content (AvgIpc) is 3.15. The Labute approximate surface area is 149 Å². The maximum Gasteiger partial charge on any atom is 0.417 e. The minimum Gasteiger partial charge on any atom is -0.467 e. The van der Waals surface area contributed by atoms with Gasteiger partial charge in [-0.3, -0.25) is 4.79 Å². The molecule has 25 heavy (non-hydrogen) atoms.